The fourth-order valence-corrected chi connectivity index (χ4v) is 4.52. The summed E-state index contributed by atoms with van der Waals surface area (Å²) in [5, 5.41) is 11.9. The monoisotopic (exact) mass is 389 g/mol. The number of aromatic hydroxyl groups is 1. The summed E-state index contributed by atoms with van der Waals surface area (Å²) in [4.78, 5) is 23.9. The molecule has 1 atom stereocenters. The second-order valence-corrected chi connectivity index (χ2v) is 8.60. The van der Waals surface area contributed by atoms with E-state index in [-0.39, 0.29) is 17.3 Å². The van der Waals surface area contributed by atoms with Crippen LogP contribution in [0.15, 0.2) is 48.5 Å². The van der Waals surface area contributed by atoms with Crippen LogP contribution in [0.3, 0.4) is 0 Å². The Bertz CT molecular complexity index is 935. The van der Waals surface area contributed by atoms with E-state index in [1.165, 1.54) is 0 Å². The van der Waals surface area contributed by atoms with E-state index >= 15 is 0 Å². The summed E-state index contributed by atoms with van der Waals surface area (Å²) in [5.41, 5.74) is 2.05. The SMILES string of the molecule is O=C(COC(=O)c1ccc(-c2ccc(O)cc2)cc1)N[C@H]1CCS(=O)(=O)C1. The van der Waals surface area contributed by atoms with Crippen molar-refractivity contribution in [3.8, 4) is 16.9 Å². The Balaban J connectivity index is 1.52. The summed E-state index contributed by atoms with van der Waals surface area (Å²) in [6.07, 6.45) is 0.376. The van der Waals surface area contributed by atoms with Crippen LogP contribution in [-0.4, -0.2) is 49.6 Å². The van der Waals surface area contributed by atoms with E-state index in [9.17, 15) is 23.1 Å². The molecule has 0 spiro atoms. The molecule has 7 nitrogen and oxygen atoms in total. The van der Waals surface area contributed by atoms with Crippen LogP contribution in [0, 0.1) is 0 Å². The van der Waals surface area contributed by atoms with E-state index in [0.29, 0.717) is 12.0 Å². The fraction of sp³-hybridized carbons (Fsp3) is 0.263. The number of sulfone groups is 1. The Morgan fingerprint density at radius 3 is 2.19 bits per heavy atom. The second-order valence-electron chi connectivity index (χ2n) is 6.37. The van der Waals surface area contributed by atoms with Crippen molar-refractivity contribution in [2.45, 2.75) is 12.5 Å². The summed E-state index contributed by atoms with van der Waals surface area (Å²) >= 11 is 0. The predicted octanol–water partition coefficient (Wildman–Crippen LogP) is 1.52. The molecule has 2 N–H and O–H groups in total. The Morgan fingerprint density at radius 1 is 1.04 bits per heavy atom. The molecule has 1 amide bonds. The predicted molar refractivity (Wildman–Crippen MR) is 99.0 cm³/mol. The number of hydrogen-bond acceptors (Lipinski definition) is 6. The number of carbonyl (C=O) groups excluding carboxylic acids is 2. The minimum atomic E-state index is -3.08. The van der Waals surface area contributed by atoms with Gasteiger partial charge < -0.3 is 15.2 Å². The van der Waals surface area contributed by atoms with Gasteiger partial charge in [0, 0.05) is 6.04 Å². The zero-order valence-corrected chi connectivity index (χ0v) is 15.2. The summed E-state index contributed by atoms with van der Waals surface area (Å²) in [6, 6.07) is 12.9. The molecule has 1 saturated heterocycles. The van der Waals surface area contributed by atoms with Gasteiger partial charge in [-0.2, -0.15) is 0 Å². The van der Waals surface area contributed by atoms with Gasteiger partial charge in [-0.25, -0.2) is 13.2 Å². The number of nitrogens with one attached hydrogen (secondary N) is 1. The number of phenolic OH excluding ortho intramolecular Hbond substituents is 1. The van der Waals surface area contributed by atoms with Crippen molar-refractivity contribution in [3.05, 3.63) is 54.1 Å². The van der Waals surface area contributed by atoms with E-state index in [2.05, 4.69) is 5.32 Å². The van der Waals surface area contributed by atoms with Gasteiger partial charge in [0.05, 0.1) is 17.1 Å². The Hall–Kier alpha value is -2.87. The van der Waals surface area contributed by atoms with Gasteiger partial charge in [-0.1, -0.05) is 24.3 Å². The third kappa shape index (κ3) is 5.07. The van der Waals surface area contributed by atoms with Crippen molar-refractivity contribution in [3.63, 3.8) is 0 Å². The van der Waals surface area contributed by atoms with Crippen molar-refractivity contribution in [1.82, 2.24) is 5.32 Å². The fourth-order valence-electron chi connectivity index (χ4n) is 2.85. The smallest absolute Gasteiger partial charge is 0.338 e. The second kappa shape index (κ2) is 7.79. The van der Waals surface area contributed by atoms with Gasteiger partial charge >= 0.3 is 5.97 Å². The Labute approximate surface area is 156 Å². The van der Waals surface area contributed by atoms with Gasteiger partial charge in [-0.3, -0.25) is 4.79 Å². The molecule has 8 heteroatoms. The van der Waals surface area contributed by atoms with Gasteiger partial charge in [0.1, 0.15) is 5.75 Å². The highest BCUT2D eigenvalue weighted by Gasteiger charge is 2.29. The number of benzene rings is 2. The average Bonchev–Trinajstić information content (AvgIpc) is 2.99. The molecule has 1 fully saturated rings. The molecule has 0 saturated carbocycles. The summed E-state index contributed by atoms with van der Waals surface area (Å²) in [5.74, 6) is -1.00. The van der Waals surface area contributed by atoms with Crippen LogP contribution in [0.5, 0.6) is 5.75 Å². The van der Waals surface area contributed by atoms with E-state index in [0.717, 1.165) is 11.1 Å². The van der Waals surface area contributed by atoms with Crippen LogP contribution in [0.25, 0.3) is 11.1 Å². The van der Waals surface area contributed by atoms with Gasteiger partial charge in [-0.05, 0) is 41.8 Å². The third-order valence-corrected chi connectivity index (χ3v) is 6.02. The lowest BCUT2D eigenvalue weighted by molar-refractivity contribution is -0.124. The van der Waals surface area contributed by atoms with Crippen LogP contribution >= 0.6 is 0 Å². The first-order valence-corrected chi connectivity index (χ1v) is 10.2. The quantitative estimate of drug-likeness (QED) is 0.751. The minimum Gasteiger partial charge on any atom is -0.508 e. The lowest BCUT2D eigenvalue weighted by Gasteiger charge is -2.11. The molecule has 2 aromatic carbocycles. The molecule has 0 radical (unpaired) electrons. The first kappa shape index (κ1) is 18.9. The number of carbonyl (C=O) groups is 2. The third-order valence-electron chi connectivity index (χ3n) is 4.25. The first-order valence-electron chi connectivity index (χ1n) is 8.39. The molecule has 27 heavy (non-hydrogen) atoms. The molecule has 0 aliphatic carbocycles. The lowest BCUT2D eigenvalue weighted by Crippen LogP contribution is -2.38. The molecule has 0 bridgehead atoms. The molecule has 1 aliphatic heterocycles. The zero-order chi connectivity index (χ0) is 19.4. The van der Waals surface area contributed by atoms with Gasteiger partial charge in [0.15, 0.2) is 16.4 Å². The Morgan fingerprint density at radius 2 is 1.63 bits per heavy atom. The average molecular weight is 389 g/mol. The Kier molecular flexibility index (Phi) is 5.46. The lowest BCUT2D eigenvalue weighted by atomic mass is 10.0. The first-order chi connectivity index (χ1) is 12.8. The van der Waals surface area contributed by atoms with Crippen molar-refractivity contribution < 1.29 is 27.9 Å². The molecule has 1 aliphatic rings. The maximum atomic E-state index is 12.1. The van der Waals surface area contributed by atoms with Crippen molar-refractivity contribution in [2.24, 2.45) is 0 Å². The molecular weight excluding hydrogens is 370 g/mol. The van der Waals surface area contributed by atoms with Crippen LogP contribution < -0.4 is 5.32 Å². The van der Waals surface area contributed by atoms with Crippen LogP contribution in [0.1, 0.15) is 16.8 Å². The molecule has 142 valence electrons. The van der Waals surface area contributed by atoms with Gasteiger partial charge in [-0.15, -0.1) is 0 Å². The van der Waals surface area contributed by atoms with E-state index in [4.69, 9.17) is 4.74 Å². The summed E-state index contributed by atoms with van der Waals surface area (Å²) in [6.45, 7) is -0.463. The number of hydrogen-bond donors (Lipinski definition) is 2. The minimum absolute atomic E-state index is 0.0606. The summed E-state index contributed by atoms with van der Waals surface area (Å²) in [7, 11) is -3.08. The highest BCUT2D eigenvalue weighted by molar-refractivity contribution is 7.91. The van der Waals surface area contributed by atoms with Crippen LogP contribution in [0.2, 0.25) is 0 Å². The molecule has 0 unspecified atom stereocenters. The van der Waals surface area contributed by atoms with E-state index in [1.54, 1.807) is 48.5 Å². The van der Waals surface area contributed by atoms with Crippen molar-refractivity contribution >= 4 is 21.7 Å². The standard InChI is InChI=1S/C19H19NO6S/c21-17-7-5-14(6-8-17)13-1-3-15(4-2-13)19(23)26-11-18(22)20-16-9-10-27(24,25)12-16/h1-8,16,21H,9-12H2,(H,20,22)/t16-/m0/s1. The van der Waals surface area contributed by atoms with Gasteiger partial charge in [0.25, 0.3) is 5.91 Å². The topological polar surface area (TPSA) is 110 Å². The molecular formula is C19H19NO6S. The van der Waals surface area contributed by atoms with Crippen LogP contribution in [0.4, 0.5) is 0 Å². The number of esters is 1. The van der Waals surface area contributed by atoms with Crippen molar-refractivity contribution in [1.29, 1.82) is 0 Å². The highest BCUT2D eigenvalue weighted by atomic mass is 32.2. The normalized spacial score (nSPS) is 18.0. The van der Waals surface area contributed by atoms with E-state index < -0.39 is 34.4 Å². The molecule has 1 heterocycles. The largest absolute Gasteiger partial charge is 0.508 e. The number of ether oxygens (including phenoxy) is 1. The molecule has 2 aromatic rings. The molecule has 3 rings (SSSR count). The summed E-state index contributed by atoms with van der Waals surface area (Å²) < 4.78 is 27.7. The highest BCUT2D eigenvalue weighted by Crippen LogP contribution is 2.22. The maximum absolute atomic E-state index is 12.1. The van der Waals surface area contributed by atoms with Gasteiger partial charge in [0.2, 0.25) is 0 Å². The van der Waals surface area contributed by atoms with E-state index in [1.807, 2.05) is 0 Å². The zero-order valence-electron chi connectivity index (χ0n) is 14.4. The number of amides is 1. The maximum Gasteiger partial charge on any atom is 0.338 e. The van der Waals surface area contributed by atoms with Crippen LogP contribution in [-0.2, 0) is 19.4 Å². The number of rotatable bonds is 5. The molecule has 0 aromatic heterocycles. The van der Waals surface area contributed by atoms with Crippen molar-refractivity contribution in [2.75, 3.05) is 18.1 Å². The number of phenols is 1.